The van der Waals surface area contributed by atoms with Crippen LogP contribution in [0.5, 0.6) is 0 Å². The van der Waals surface area contributed by atoms with E-state index in [1.807, 2.05) is 25.1 Å². The lowest BCUT2D eigenvalue weighted by Gasteiger charge is -2.07. The van der Waals surface area contributed by atoms with Crippen LogP contribution in [0.2, 0.25) is 0 Å². The zero-order chi connectivity index (χ0) is 18.5. The van der Waals surface area contributed by atoms with E-state index in [-0.39, 0.29) is 24.6 Å². The maximum Gasteiger partial charge on any atom is 0.306 e. The van der Waals surface area contributed by atoms with Crippen molar-refractivity contribution in [2.75, 3.05) is 0 Å². The van der Waals surface area contributed by atoms with Gasteiger partial charge in [0.2, 0.25) is 0 Å². The molecule has 6 heteroatoms. The van der Waals surface area contributed by atoms with Crippen molar-refractivity contribution in [1.29, 1.82) is 5.26 Å². The Hall–Kier alpha value is -3.46. The summed E-state index contributed by atoms with van der Waals surface area (Å²) in [5, 5.41) is 8.77. The van der Waals surface area contributed by atoms with Crippen molar-refractivity contribution in [2.45, 2.75) is 26.4 Å². The second kappa shape index (κ2) is 7.62. The van der Waals surface area contributed by atoms with Gasteiger partial charge < -0.3 is 4.74 Å². The molecule has 0 atom stereocenters. The van der Waals surface area contributed by atoms with Crippen LogP contribution in [0, 0.1) is 18.3 Å². The third-order valence-electron chi connectivity index (χ3n) is 3.96. The van der Waals surface area contributed by atoms with E-state index < -0.39 is 0 Å². The van der Waals surface area contributed by atoms with Crippen molar-refractivity contribution in [3.05, 3.63) is 81.4 Å². The zero-order valence-corrected chi connectivity index (χ0v) is 14.3. The molecule has 0 bridgehead atoms. The number of aryl methyl sites for hydroxylation is 2. The van der Waals surface area contributed by atoms with Gasteiger partial charge in [0.25, 0.3) is 5.56 Å². The van der Waals surface area contributed by atoms with Crippen LogP contribution in [-0.2, 0) is 22.6 Å². The van der Waals surface area contributed by atoms with E-state index in [0.717, 1.165) is 11.1 Å². The number of hydrogen-bond donors (Lipinski definition) is 0. The minimum absolute atomic E-state index is 0.0358. The van der Waals surface area contributed by atoms with Gasteiger partial charge in [0.15, 0.2) is 0 Å². The van der Waals surface area contributed by atoms with E-state index in [4.69, 9.17) is 10.00 Å². The molecule has 26 heavy (non-hydrogen) atoms. The number of fused-ring (bicyclic) bond motifs is 1. The molecular weight excluding hydrogens is 330 g/mol. The third-order valence-corrected chi connectivity index (χ3v) is 3.96. The quantitative estimate of drug-likeness (QED) is 0.662. The number of nitriles is 1. The first-order chi connectivity index (χ1) is 12.5. The number of benzene rings is 1. The Labute approximate surface area is 150 Å². The van der Waals surface area contributed by atoms with Crippen LogP contribution in [0.15, 0.2) is 53.5 Å². The molecule has 0 aliphatic carbocycles. The first-order valence-corrected chi connectivity index (χ1v) is 8.19. The SMILES string of the molecule is Cc1ccn2c(=O)cc(COC(=O)CCc3ccc(C#N)cc3)nc2c1. The van der Waals surface area contributed by atoms with Gasteiger partial charge in [-0.05, 0) is 48.7 Å². The Balaban J connectivity index is 1.59. The highest BCUT2D eigenvalue weighted by atomic mass is 16.5. The fourth-order valence-corrected chi connectivity index (χ4v) is 2.55. The summed E-state index contributed by atoms with van der Waals surface area (Å²) < 4.78 is 6.67. The second-order valence-corrected chi connectivity index (χ2v) is 5.99. The molecule has 0 aliphatic rings. The average molecular weight is 347 g/mol. The number of hydrogen-bond acceptors (Lipinski definition) is 5. The third kappa shape index (κ3) is 4.14. The summed E-state index contributed by atoms with van der Waals surface area (Å²) >= 11 is 0. The van der Waals surface area contributed by atoms with Gasteiger partial charge in [-0.15, -0.1) is 0 Å². The van der Waals surface area contributed by atoms with Gasteiger partial charge in [-0.3, -0.25) is 14.0 Å². The highest BCUT2D eigenvalue weighted by Crippen LogP contribution is 2.08. The summed E-state index contributed by atoms with van der Waals surface area (Å²) in [6.07, 6.45) is 2.42. The molecule has 2 aromatic heterocycles. The van der Waals surface area contributed by atoms with Crippen LogP contribution in [0.1, 0.15) is 28.8 Å². The number of carbonyl (C=O) groups is 1. The van der Waals surface area contributed by atoms with Crippen LogP contribution in [0.25, 0.3) is 5.65 Å². The van der Waals surface area contributed by atoms with E-state index in [1.165, 1.54) is 10.5 Å². The number of esters is 1. The summed E-state index contributed by atoms with van der Waals surface area (Å²) in [5.74, 6) is -0.361. The number of rotatable bonds is 5. The molecule has 0 fully saturated rings. The fourth-order valence-electron chi connectivity index (χ4n) is 2.55. The number of carbonyl (C=O) groups excluding carboxylic acids is 1. The molecule has 0 amide bonds. The molecule has 3 aromatic rings. The van der Waals surface area contributed by atoms with Crippen LogP contribution < -0.4 is 5.56 Å². The van der Waals surface area contributed by atoms with Gasteiger partial charge in [0.1, 0.15) is 12.3 Å². The molecule has 0 saturated heterocycles. The number of pyridine rings is 1. The Kier molecular flexibility index (Phi) is 5.09. The first kappa shape index (κ1) is 17.4. The van der Waals surface area contributed by atoms with Gasteiger partial charge >= 0.3 is 5.97 Å². The van der Waals surface area contributed by atoms with Crippen LogP contribution in [0.3, 0.4) is 0 Å². The summed E-state index contributed by atoms with van der Waals surface area (Å²) in [4.78, 5) is 28.4. The minimum atomic E-state index is -0.361. The summed E-state index contributed by atoms with van der Waals surface area (Å²) in [6, 6.07) is 14.1. The smallest absolute Gasteiger partial charge is 0.306 e. The summed E-state index contributed by atoms with van der Waals surface area (Å²) in [5.41, 5.74) is 3.28. The van der Waals surface area contributed by atoms with Crippen molar-refractivity contribution in [2.24, 2.45) is 0 Å². The lowest BCUT2D eigenvalue weighted by molar-refractivity contribution is -0.145. The van der Waals surface area contributed by atoms with E-state index in [0.29, 0.717) is 23.3 Å². The maximum atomic E-state index is 12.1. The Morgan fingerprint density at radius 1 is 1.23 bits per heavy atom. The number of ether oxygens (including phenoxy) is 1. The van der Waals surface area contributed by atoms with Crippen molar-refractivity contribution in [3.63, 3.8) is 0 Å². The normalized spacial score (nSPS) is 10.5. The maximum absolute atomic E-state index is 12.1. The highest BCUT2D eigenvalue weighted by molar-refractivity contribution is 5.69. The van der Waals surface area contributed by atoms with Crippen molar-refractivity contribution < 1.29 is 9.53 Å². The summed E-state index contributed by atoms with van der Waals surface area (Å²) in [7, 11) is 0. The topological polar surface area (TPSA) is 84.5 Å². The van der Waals surface area contributed by atoms with Crippen LogP contribution in [0.4, 0.5) is 0 Å². The van der Waals surface area contributed by atoms with Gasteiger partial charge in [0, 0.05) is 18.7 Å². The second-order valence-electron chi connectivity index (χ2n) is 5.99. The largest absolute Gasteiger partial charge is 0.459 e. The first-order valence-electron chi connectivity index (χ1n) is 8.19. The minimum Gasteiger partial charge on any atom is -0.459 e. The average Bonchev–Trinajstić information content (AvgIpc) is 2.64. The highest BCUT2D eigenvalue weighted by Gasteiger charge is 2.08. The zero-order valence-electron chi connectivity index (χ0n) is 14.3. The lowest BCUT2D eigenvalue weighted by atomic mass is 10.1. The molecule has 3 rings (SSSR count). The molecule has 0 saturated carbocycles. The molecule has 0 N–H and O–H groups in total. The van der Waals surface area contributed by atoms with E-state index in [9.17, 15) is 9.59 Å². The Morgan fingerprint density at radius 3 is 2.73 bits per heavy atom. The fraction of sp³-hybridized carbons (Fsp3) is 0.200. The van der Waals surface area contributed by atoms with Crippen molar-refractivity contribution in [1.82, 2.24) is 9.38 Å². The molecular formula is C20H17N3O3. The monoisotopic (exact) mass is 347 g/mol. The molecule has 0 spiro atoms. The predicted octanol–water partition coefficient (Wildman–Crippen LogP) is 2.55. The molecule has 6 nitrogen and oxygen atoms in total. The Bertz CT molecular complexity index is 1050. The Morgan fingerprint density at radius 2 is 2.00 bits per heavy atom. The molecule has 130 valence electrons. The molecule has 0 radical (unpaired) electrons. The van der Waals surface area contributed by atoms with Gasteiger partial charge in [0.05, 0.1) is 17.3 Å². The lowest BCUT2D eigenvalue weighted by Crippen LogP contribution is -2.16. The molecule has 2 heterocycles. The molecule has 0 aliphatic heterocycles. The standard InChI is InChI=1S/C20H17N3O3/c1-14-8-9-23-18(10-14)22-17(11-19(23)24)13-26-20(25)7-6-15-2-4-16(12-21)5-3-15/h2-5,8-11H,6-7,13H2,1H3. The number of aromatic nitrogens is 2. The van der Waals surface area contributed by atoms with Gasteiger partial charge in [-0.2, -0.15) is 5.26 Å². The number of nitrogens with zero attached hydrogens (tertiary/aromatic N) is 3. The van der Waals surface area contributed by atoms with Gasteiger partial charge in [-0.25, -0.2) is 4.98 Å². The summed E-state index contributed by atoms with van der Waals surface area (Å²) in [6.45, 7) is 1.88. The van der Waals surface area contributed by atoms with Crippen LogP contribution >= 0.6 is 0 Å². The van der Waals surface area contributed by atoms with E-state index in [2.05, 4.69) is 11.1 Å². The van der Waals surface area contributed by atoms with E-state index >= 15 is 0 Å². The molecule has 0 unspecified atom stereocenters. The van der Waals surface area contributed by atoms with Crippen LogP contribution in [-0.4, -0.2) is 15.4 Å². The van der Waals surface area contributed by atoms with Gasteiger partial charge in [-0.1, -0.05) is 12.1 Å². The van der Waals surface area contributed by atoms with E-state index in [1.54, 1.807) is 24.4 Å². The molecule has 1 aromatic carbocycles. The van der Waals surface area contributed by atoms with Crippen molar-refractivity contribution >= 4 is 11.6 Å². The predicted molar refractivity (Wildman–Crippen MR) is 95.5 cm³/mol. The van der Waals surface area contributed by atoms with Crippen molar-refractivity contribution in [3.8, 4) is 6.07 Å².